The predicted molar refractivity (Wildman–Crippen MR) is 91.6 cm³/mol. The number of halogens is 1. The Morgan fingerprint density at radius 1 is 1.09 bits per heavy atom. The molecule has 3 heteroatoms. The van der Waals surface area contributed by atoms with Gasteiger partial charge in [-0.2, -0.15) is 0 Å². The number of hydrogen-bond acceptors (Lipinski definition) is 0. The number of benzene rings is 2. The number of likely N-dealkylation sites (N-methyl/N-ethyl adjacent to an activating group) is 1. The Morgan fingerprint density at radius 2 is 1.87 bits per heavy atom. The van der Waals surface area contributed by atoms with Gasteiger partial charge in [0, 0.05) is 34.1 Å². The van der Waals surface area contributed by atoms with Crippen molar-refractivity contribution in [2.24, 2.45) is 0 Å². The molecule has 2 nitrogen and oxygen atoms in total. The summed E-state index contributed by atoms with van der Waals surface area (Å²) >= 11 is 0. The summed E-state index contributed by atoms with van der Waals surface area (Å²) in [6.07, 6.45) is 1.15. The molecule has 0 fully saturated rings. The van der Waals surface area contributed by atoms with Gasteiger partial charge in [0.1, 0.15) is 13.1 Å². The Hall–Kier alpha value is -1.33. The first-order valence-electron chi connectivity index (χ1n) is 8.11. The smallest absolute Gasteiger partial charge is 0.107 e. The van der Waals surface area contributed by atoms with Crippen LogP contribution in [0.2, 0.25) is 0 Å². The lowest BCUT2D eigenvalue weighted by Crippen LogP contribution is -3.00. The fourth-order valence-corrected chi connectivity index (χ4v) is 3.81. The van der Waals surface area contributed by atoms with Gasteiger partial charge in [-0.25, -0.2) is 0 Å². The van der Waals surface area contributed by atoms with Crippen LogP contribution in [0.5, 0.6) is 0 Å². The Balaban J connectivity index is 0.00000156. The lowest BCUT2D eigenvalue weighted by Gasteiger charge is -2.38. The Kier molecular flexibility index (Phi) is 4.52. The average Bonchev–Trinajstić information content (AvgIpc) is 2.85. The lowest BCUT2D eigenvalue weighted by atomic mass is 10.0. The van der Waals surface area contributed by atoms with E-state index in [0.717, 1.165) is 24.0 Å². The van der Waals surface area contributed by atoms with Crippen molar-refractivity contribution in [3.05, 3.63) is 70.9 Å². The molecule has 1 atom stereocenters. The second-order valence-electron chi connectivity index (χ2n) is 7.03. The molecule has 0 spiro atoms. The lowest BCUT2D eigenvalue weighted by molar-refractivity contribution is -0.937. The summed E-state index contributed by atoms with van der Waals surface area (Å²) in [5.41, 5.74) is 7.05. The van der Waals surface area contributed by atoms with E-state index in [2.05, 4.69) is 67.5 Å². The summed E-state index contributed by atoms with van der Waals surface area (Å²) in [4.78, 5) is 3.63. The minimum absolute atomic E-state index is 0. The number of hydrogen-bond donors (Lipinski definition) is 1. The average molecular weight is 418 g/mol. The van der Waals surface area contributed by atoms with Gasteiger partial charge >= 0.3 is 0 Å². The van der Waals surface area contributed by atoms with E-state index in [0.29, 0.717) is 0 Å². The van der Waals surface area contributed by atoms with Crippen molar-refractivity contribution in [1.82, 2.24) is 4.98 Å². The molecule has 1 N–H and O–H groups in total. The van der Waals surface area contributed by atoms with E-state index < -0.39 is 0 Å². The molecule has 1 aromatic heterocycles. The van der Waals surface area contributed by atoms with E-state index in [1.165, 1.54) is 39.8 Å². The molecule has 120 valence electrons. The standard InChI is InChI=1S/C20H23N2.HI/c1-15-8-9-19-17(12-15)18-14-22(2,11-10-20(18)21-19)13-16-6-4-3-5-7-16;/h3-9,12,21H,10-11,13-14H2,1-2H3;1H/q+1;/p-1. The number of nitrogens with one attached hydrogen (secondary N) is 1. The van der Waals surface area contributed by atoms with Crippen molar-refractivity contribution in [2.45, 2.75) is 26.4 Å². The largest absolute Gasteiger partial charge is 1.00 e. The van der Waals surface area contributed by atoms with Crippen LogP contribution in [0.25, 0.3) is 10.9 Å². The molecule has 4 rings (SSSR count). The van der Waals surface area contributed by atoms with Crippen LogP contribution < -0.4 is 24.0 Å². The summed E-state index contributed by atoms with van der Waals surface area (Å²) in [7, 11) is 2.39. The molecular formula is C20H23IN2. The molecular weight excluding hydrogens is 395 g/mol. The highest BCUT2D eigenvalue weighted by atomic mass is 127. The summed E-state index contributed by atoms with van der Waals surface area (Å²) in [5.74, 6) is 0. The molecule has 1 unspecified atom stereocenters. The number of aryl methyl sites for hydroxylation is 1. The zero-order valence-corrected chi connectivity index (χ0v) is 15.9. The molecule has 1 aliphatic rings. The Labute approximate surface area is 155 Å². The molecule has 0 radical (unpaired) electrons. The molecule has 0 aliphatic carbocycles. The van der Waals surface area contributed by atoms with Crippen molar-refractivity contribution in [2.75, 3.05) is 13.6 Å². The minimum Gasteiger partial charge on any atom is -1.00 e. The van der Waals surface area contributed by atoms with Crippen molar-refractivity contribution in [3.8, 4) is 0 Å². The quantitative estimate of drug-likeness (QED) is 0.476. The van der Waals surface area contributed by atoms with Crippen LogP contribution in [0.15, 0.2) is 48.5 Å². The third kappa shape index (κ3) is 3.17. The highest BCUT2D eigenvalue weighted by molar-refractivity contribution is 5.85. The van der Waals surface area contributed by atoms with Crippen LogP contribution in [-0.4, -0.2) is 23.1 Å². The van der Waals surface area contributed by atoms with Gasteiger partial charge < -0.3 is 33.4 Å². The molecule has 0 saturated carbocycles. The Bertz CT molecular complexity index is 822. The SMILES string of the molecule is Cc1ccc2[nH]c3c(c2c1)C[N+](C)(Cc1ccccc1)CC3.[I-]. The third-order valence-electron chi connectivity index (χ3n) is 5.00. The van der Waals surface area contributed by atoms with Crippen LogP contribution in [0.1, 0.15) is 22.4 Å². The van der Waals surface area contributed by atoms with E-state index in [4.69, 9.17) is 0 Å². The number of aromatic nitrogens is 1. The molecule has 1 aliphatic heterocycles. The van der Waals surface area contributed by atoms with Crippen LogP contribution in [-0.2, 0) is 19.5 Å². The predicted octanol–water partition coefficient (Wildman–Crippen LogP) is 1.18. The normalized spacial score (nSPS) is 20.1. The van der Waals surface area contributed by atoms with E-state index in [1.807, 2.05) is 0 Å². The van der Waals surface area contributed by atoms with Crippen LogP contribution >= 0.6 is 0 Å². The first-order chi connectivity index (χ1) is 10.6. The topological polar surface area (TPSA) is 15.8 Å². The van der Waals surface area contributed by atoms with E-state index >= 15 is 0 Å². The maximum absolute atomic E-state index is 3.63. The summed E-state index contributed by atoms with van der Waals surface area (Å²) in [6.45, 7) is 5.61. The molecule has 0 amide bonds. The second-order valence-corrected chi connectivity index (χ2v) is 7.03. The van der Waals surface area contributed by atoms with Gasteiger partial charge in [-0.3, -0.25) is 0 Å². The second kappa shape index (κ2) is 6.29. The highest BCUT2D eigenvalue weighted by Gasteiger charge is 2.31. The van der Waals surface area contributed by atoms with Crippen LogP contribution in [0.4, 0.5) is 0 Å². The molecule has 2 heterocycles. The van der Waals surface area contributed by atoms with Gasteiger partial charge in [-0.1, -0.05) is 42.0 Å². The van der Waals surface area contributed by atoms with Gasteiger partial charge in [0.15, 0.2) is 0 Å². The number of nitrogens with zero attached hydrogens (tertiary/aromatic N) is 1. The Morgan fingerprint density at radius 3 is 2.65 bits per heavy atom. The summed E-state index contributed by atoms with van der Waals surface area (Å²) < 4.78 is 1.10. The van der Waals surface area contributed by atoms with Crippen molar-refractivity contribution in [3.63, 3.8) is 0 Å². The fourth-order valence-electron chi connectivity index (χ4n) is 3.81. The molecule has 23 heavy (non-hydrogen) atoms. The molecule has 3 aromatic rings. The number of quaternary nitrogens is 1. The van der Waals surface area contributed by atoms with Gasteiger partial charge in [-0.15, -0.1) is 0 Å². The molecule has 0 bridgehead atoms. The monoisotopic (exact) mass is 418 g/mol. The summed E-state index contributed by atoms with van der Waals surface area (Å²) in [6, 6.07) is 17.6. The van der Waals surface area contributed by atoms with Gasteiger partial charge in [0.2, 0.25) is 0 Å². The van der Waals surface area contributed by atoms with E-state index in [1.54, 1.807) is 0 Å². The zero-order chi connectivity index (χ0) is 15.2. The number of aromatic amines is 1. The number of H-pyrrole nitrogens is 1. The first kappa shape index (κ1) is 16.5. The number of fused-ring (bicyclic) bond motifs is 3. The summed E-state index contributed by atoms with van der Waals surface area (Å²) in [5, 5.41) is 1.42. The van der Waals surface area contributed by atoms with E-state index in [-0.39, 0.29) is 24.0 Å². The minimum atomic E-state index is 0. The van der Waals surface area contributed by atoms with E-state index in [9.17, 15) is 0 Å². The van der Waals surface area contributed by atoms with Crippen LogP contribution in [0.3, 0.4) is 0 Å². The highest BCUT2D eigenvalue weighted by Crippen LogP contribution is 2.32. The van der Waals surface area contributed by atoms with Crippen molar-refractivity contribution in [1.29, 1.82) is 0 Å². The maximum Gasteiger partial charge on any atom is 0.107 e. The van der Waals surface area contributed by atoms with Gasteiger partial charge in [0.25, 0.3) is 0 Å². The maximum atomic E-state index is 3.63. The number of rotatable bonds is 2. The van der Waals surface area contributed by atoms with Crippen molar-refractivity contribution >= 4 is 10.9 Å². The van der Waals surface area contributed by atoms with Crippen LogP contribution in [0, 0.1) is 6.92 Å². The zero-order valence-electron chi connectivity index (χ0n) is 13.8. The third-order valence-corrected chi connectivity index (χ3v) is 5.00. The molecule has 2 aromatic carbocycles. The molecule has 0 saturated heterocycles. The first-order valence-corrected chi connectivity index (χ1v) is 8.11. The fraction of sp³-hybridized carbons (Fsp3) is 0.300. The van der Waals surface area contributed by atoms with Gasteiger partial charge in [-0.05, 0) is 19.1 Å². The van der Waals surface area contributed by atoms with Gasteiger partial charge in [0.05, 0.1) is 13.6 Å². The van der Waals surface area contributed by atoms with Crippen molar-refractivity contribution < 1.29 is 28.5 Å².